The van der Waals surface area contributed by atoms with Gasteiger partial charge in [0, 0.05) is 29.5 Å². The van der Waals surface area contributed by atoms with Gasteiger partial charge in [-0.05, 0) is 103 Å². The lowest BCUT2D eigenvalue weighted by Crippen LogP contribution is -2.09. The van der Waals surface area contributed by atoms with Crippen molar-refractivity contribution < 1.29 is 0 Å². The normalized spacial score (nSPS) is 11.6. The van der Waals surface area contributed by atoms with Gasteiger partial charge in [0.15, 0.2) is 0 Å². The lowest BCUT2D eigenvalue weighted by atomic mass is 9.95. The molecule has 8 rings (SSSR count). The van der Waals surface area contributed by atoms with E-state index in [4.69, 9.17) is 0 Å². The average Bonchev–Trinajstić information content (AvgIpc) is 3.33. The van der Waals surface area contributed by atoms with Gasteiger partial charge in [0.1, 0.15) is 0 Å². The van der Waals surface area contributed by atoms with Crippen LogP contribution in [0.1, 0.15) is 0 Å². The Morgan fingerprint density at radius 3 is 1.95 bits per heavy atom. The summed E-state index contributed by atoms with van der Waals surface area (Å²) in [5.41, 5.74) is 11.0. The molecule has 0 amide bonds. The van der Waals surface area contributed by atoms with Gasteiger partial charge < -0.3 is 4.90 Å². The largest absolute Gasteiger partial charge is 0.310 e. The molecule has 0 bridgehead atoms. The Kier molecular flexibility index (Phi) is 4.86. The van der Waals surface area contributed by atoms with Gasteiger partial charge in [-0.2, -0.15) is 0 Å². The number of hydrogen-bond donors (Lipinski definition) is 0. The van der Waals surface area contributed by atoms with Crippen LogP contribution < -0.4 is 4.90 Å². The van der Waals surface area contributed by atoms with Gasteiger partial charge in [0.05, 0.1) is 0 Å². The summed E-state index contributed by atoms with van der Waals surface area (Å²) in [7, 11) is 0. The quantitative estimate of drug-likeness (QED) is 0.225. The minimum atomic E-state index is 1.08. The molecule has 0 atom stereocenters. The molecule has 0 saturated heterocycles. The summed E-state index contributed by atoms with van der Waals surface area (Å²) in [6.45, 7) is 0. The number of nitrogens with zero attached hydrogens (tertiary/aromatic N) is 2. The molecule has 0 fully saturated rings. The Bertz CT molecular complexity index is 1950. The third-order valence-electron chi connectivity index (χ3n) is 7.88. The second-order valence-corrected chi connectivity index (χ2v) is 10.1. The molecule has 0 radical (unpaired) electrons. The first-order valence-corrected chi connectivity index (χ1v) is 13.3. The summed E-state index contributed by atoms with van der Waals surface area (Å²) in [6, 6.07) is 48.2. The van der Waals surface area contributed by atoms with Gasteiger partial charge in [-0.15, -0.1) is 0 Å². The predicted molar refractivity (Wildman–Crippen MR) is 164 cm³/mol. The van der Waals surface area contributed by atoms with E-state index in [2.05, 4.69) is 125 Å². The molecule has 0 spiro atoms. The zero-order valence-corrected chi connectivity index (χ0v) is 21.3. The molecule has 2 nitrogen and oxygen atoms in total. The van der Waals surface area contributed by atoms with E-state index in [1.165, 1.54) is 54.9 Å². The molecule has 1 aliphatic rings. The standard InChI is InChI=1S/C37H24N2/c1-2-8-28(9-3-1)39(30-19-21-38-22-20-30)29-16-13-25(14-17-29)26-15-18-32-34-12-6-11-33-31-10-5-4-7-27(31)24-36(37(33)34)35(32)23-26/h1-24H. The molecule has 1 aromatic heterocycles. The summed E-state index contributed by atoms with van der Waals surface area (Å²) in [5, 5.41) is 5.31. The third-order valence-corrected chi connectivity index (χ3v) is 7.88. The predicted octanol–water partition coefficient (Wildman–Crippen LogP) is 10.2. The van der Waals surface area contributed by atoms with E-state index in [1.807, 2.05) is 30.6 Å². The number of pyridine rings is 1. The first kappa shape index (κ1) is 21.8. The Hall–Kier alpha value is -5.21. The molecule has 182 valence electrons. The zero-order valence-electron chi connectivity index (χ0n) is 21.3. The van der Waals surface area contributed by atoms with Crippen molar-refractivity contribution in [3.8, 4) is 33.4 Å². The molecular formula is C37H24N2. The van der Waals surface area contributed by atoms with Crippen LogP contribution in [0.2, 0.25) is 0 Å². The van der Waals surface area contributed by atoms with Crippen LogP contribution in [0.4, 0.5) is 17.1 Å². The van der Waals surface area contributed by atoms with Crippen LogP contribution >= 0.6 is 0 Å². The van der Waals surface area contributed by atoms with E-state index in [1.54, 1.807) is 0 Å². The van der Waals surface area contributed by atoms with Gasteiger partial charge in [-0.25, -0.2) is 0 Å². The number of fused-ring (bicyclic) bond motifs is 5. The topological polar surface area (TPSA) is 16.1 Å². The van der Waals surface area contributed by atoms with E-state index in [0.29, 0.717) is 0 Å². The van der Waals surface area contributed by atoms with Gasteiger partial charge in [-0.3, -0.25) is 4.98 Å². The first-order chi connectivity index (χ1) is 19.3. The van der Waals surface area contributed by atoms with Crippen molar-refractivity contribution in [2.24, 2.45) is 0 Å². The van der Waals surface area contributed by atoms with Crippen molar-refractivity contribution in [2.75, 3.05) is 4.90 Å². The highest BCUT2D eigenvalue weighted by Crippen LogP contribution is 2.50. The fourth-order valence-corrected chi connectivity index (χ4v) is 6.10. The second-order valence-electron chi connectivity index (χ2n) is 10.1. The summed E-state index contributed by atoms with van der Waals surface area (Å²) < 4.78 is 0. The maximum Gasteiger partial charge on any atom is 0.0492 e. The van der Waals surface area contributed by atoms with Crippen molar-refractivity contribution in [3.05, 3.63) is 146 Å². The van der Waals surface area contributed by atoms with E-state index in [0.717, 1.165) is 17.1 Å². The van der Waals surface area contributed by atoms with Crippen LogP contribution in [-0.4, -0.2) is 4.98 Å². The monoisotopic (exact) mass is 496 g/mol. The van der Waals surface area contributed by atoms with Crippen LogP contribution in [0.5, 0.6) is 0 Å². The van der Waals surface area contributed by atoms with Crippen LogP contribution in [-0.2, 0) is 0 Å². The molecule has 1 heterocycles. The Balaban J connectivity index is 1.22. The lowest BCUT2D eigenvalue weighted by Gasteiger charge is -2.25. The van der Waals surface area contributed by atoms with E-state index < -0.39 is 0 Å². The Morgan fingerprint density at radius 2 is 1.10 bits per heavy atom. The van der Waals surface area contributed by atoms with Crippen molar-refractivity contribution in [3.63, 3.8) is 0 Å². The average molecular weight is 497 g/mol. The SMILES string of the molecule is c1ccc(N(c2ccncc2)c2ccc(-c3ccc4c(c3)-c3cc5ccccc5c5cccc-4c35)cc2)cc1. The molecule has 2 heteroatoms. The van der Waals surface area contributed by atoms with Gasteiger partial charge in [0.25, 0.3) is 0 Å². The molecule has 1 aliphatic carbocycles. The fourth-order valence-electron chi connectivity index (χ4n) is 6.10. The van der Waals surface area contributed by atoms with Gasteiger partial charge >= 0.3 is 0 Å². The molecule has 0 saturated carbocycles. The molecule has 6 aromatic carbocycles. The van der Waals surface area contributed by atoms with Gasteiger partial charge in [0.2, 0.25) is 0 Å². The molecule has 39 heavy (non-hydrogen) atoms. The van der Waals surface area contributed by atoms with Crippen molar-refractivity contribution >= 4 is 38.6 Å². The van der Waals surface area contributed by atoms with Crippen molar-refractivity contribution in [2.45, 2.75) is 0 Å². The number of para-hydroxylation sites is 1. The molecule has 7 aromatic rings. The minimum Gasteiger partial charge on any atom is -0.310 e. The minimum absolute atomic E-state index is 1.08. The third kappa shape index (κ3) is 3.46. The van der Waals surface area contributed by atoms with E-state index >= 15 is 0 Å². The van der Waals surface area contributed by atoms with Crippen LogP contribution in [0, 0.1) is 0 Å². The summed E-state index contributed by atoms with van der Waals surface area (Å²) in [5.74, 6) is 0. The highest BCUT2D eigenvalue weighted by Gasteiger charge is 2.23. The maximum atomic E-state index is 4.22. The Morgan fingerprint density at radius 1 is 0.410 bits per heavy atom. The lowest BCUT2D eigenvalue weighted by molar-refractivity contribution is 1.24. The van der Waals surface area contributed by atoms with Gasteiger partial charge in [-0.1, -0.05) is 84.9 Å². The number of hydrogen-bond acceptors (Lipinski definition) is 2. The highest BCUT2D eigenvalue weighted by molar-refractivity contribution is 6.23. The van der Waals surface area contributed by atoms with Crippen molar-refractivity contribution in [1.29, 1.82) is 0 Å². The molecule has 0 aliphatic heterocycles. The van der Waals surface area contributed by atoms with Crippen LogP contribution in [0.25, 0.3) is 54.9 Å². The van der Waals surface area contributed by atoms with E-state index in [9.17, 15) is 0 Å². The Labute approximate surface area is 227 Å². The molecule has 0 N–H and O–H groups in total. The van der Waals surface area contributed by atoms with Crippen LogP contribution in [0.3, 0.4) is 0 Å². The van der Waals surface area contributed by atoms with Crippen LogP contribution in [0.15, 0.2) is 146 Å². The fraction of sp³-hybridized carbons (Fsp3) is 0. The number of aromatic nitrogens is 1. The summed E-state index contributed by atoms with van der Waals surface area (Å²) >= 11 is 0. The summed E-state index contributed by atoms with van der Waals surface area (Å²) in [4.78, 5) is 6.48. The maximum absolute atomic E-state index is 4.22. The smallest absolute Gasteiger partial charge is 0.0492 e. The zero-order chi connectivity index (χ0) is 25.8. The van der Waals surface area contributed by atoms with E-state index in [-0.39, 0.29) is 0 Å². The second kappa shape index (κ2) is 8.68. The molecule has 0 unspecified atom stereocenters. The highest BCUT2D eigenvalue weighted by atomic mass is 15.1. The number of benzene rings is 6. The van der Waals surface area contributed by atoms with Crippen molar-refractivity contribution in [1.82, 2.24) is 4.98 Å². The first-order valence-electron chi connectivity index (χ1n) is 13.3. The molecular weight excluding hydrogens is 472 g/mol. The number of anilines is 3. The number of rotatable bonds is 4. The summed E-state index contributed by atoms with van der Waals surface area (Å²) in [6.07, 6.45) is 3.68.